The number of hydrogen-bond donors (Lipinski definition) is 1. The van der Waals surface area contributed by atoms with Crippen LogP contribution in [0.4, 0.5) is 0 Å². The van der Waals surface area contributed by atoms with Gasteiger partial charge in [0, 0.05) is 0 Å². The Morgan fingerprint density at radius 2 is 1.05 bits per heavy atom. The van der Waals surface area contributed by atoms with E-state index in [9.17, 15) is 14.4 Å². The van der Waals surface area contributed by atoms with Crippen molar-refractivity contribution in [1.29, 1.82) is 0 Å². The minimum atomic E-state index is -0.536. The van der Waals surface area contributed by atoms with E-state index >= 15 is 0 Å². The van der Waals surface area contributed by atoms with Crippen LogP contribution in [0.2, 0.25) is 0 Å². The molecule has 0 radical (unpaired) electrons. The van der Waals surface area contributed by atoms with E-state index in [1.807, 2.05) is 31.2 Å². The van der Waals surface area contributed by atoms with E-state index in [4.69, 9.17) is 19.3 Å². The summed E-state index contributed by atoms with van der Waals surface area (Å²) in [4.78, 5) is 37.1. The van der Waals surface area contributed by atoms with Crippen molar-refractivity contribution in [2.24, 2.45) is 17.3 Å². The maximum Gasteiger partial charge on any atom is 0.338 e. The largest absolute Gasteiger partial charge is 0.460 e. The second kappa shape index (κ2) is 13.4. The minimum absolute atomic E-state index is 0.0174. The fourth-order valence-electron chi connectivity index (χ4n) is 6.28. The number of aliphatic hydroxyl groups excluding tert-OH is 1. The molecule has 2 aliphatic rings. The summed E-state index contributed by atoms with van der Waals surface area (Å²) >= 11 is 0. The zero-order valence-corrected chi connectivity index (χ0v) is 23.9. The third-order valence-electron chi connectivity index (χ3n) is 8.97. The highest BCUT2D eigenvalue weighted by Crippen LogP contribution is 2.49. The number of hydrogen-bond acceptors (Lipinski definition) is 7. The Labute approximate surface area is 237 Å². The number of ether oxygens (including phenoxy) is 3. The third kappa shape index (κ3) is 7.51. The predicted octanol–water partition coefficient (Wildman–Crippen LogP) is 6.30. The lowest BCUT2D eigenvalue weighted by Gasteiger charge is -2.46. The second-order valence-electron chi connectivity index (χ2n) is 11.9. The molecular weight excluding hydrogens is 508 g/mol. The molecule has 1 N–H and O–H groups in total. The number of carbonyl (C=O) groups is 3. The van der Waals surface area contributed by atoms with Gasteiger partial charge in [0.25, 0.3) is 0 Å². The standard InChI is InChI=1S/C33H42O7/c1-22-4-6-24(7-5-22)31(36)39-28-16-12-26(13-17-28)33(2,3)27-14-18-29(19-15-27)40-32(37)25-10-8-23(9-11-25)30(35)38-21-20-34/h4-11,26-29,34H,12-21H2,1-3H3. The van der Waals surface area contributed by atoms with Crippen molar-refractivity contribution in [3.05, 3.63) is 70.8 Å². The summed E-state index contributed by atoms with van der Waals surface area (Å²) in [6.45, 7) is 6.46. The summed E-state index contributed by atoms with van der Waals surface area (Å²) in [5.41, 5.74) is 2.63. The first-order chi connectivity index (χ1) is 19.2. The van der Waals surface area contributed by atoms with Gasteiger partial charge in [-0.05, 0) is 112 Å². The van der Waals surface area contributed by atoms with Gasteiger partial charge in [0.05, 0.1) is 23.3 Å². The number of aliphatic hydroxyl groups is 1. The Morgan fingerprint density at radius 3 is 1.45 bits per heavy atom. The van der Waals surface area contributed by atoms with E-state index in [1.165, 1.54) is 12.1 Å². The van der Waals surface area contributed by atoms with Crippen LogP contribution >= 0.6 is 0 Å². The van der Waals surface area contributed by atoms with Crippen molar-refractivity contribution in [2.75, 3.05) is 13.2 Å². The Balaban J connectivity index is 1.21. The molecule has 0 saturated heterocycles. The summed E-state index contributed by atoms with van der Waals surface area (Å²) in [6.07, 6.45) is 7.50. The van der Waals surface area contributed by atoms with E-state index in [-0.39, 0.29) is 42.8 Å². The maximum absolute atomic E-state index is 12.7. The SMILES string of the molecule is Cc1ccc(C(=O)OC2CCC(C(C)(C)C3CCC(OC(=O)c4ccc(C(=O)OCCO)cc4)CC3)CC2)cc1. The highest BCUT2D eigenvalue weighted by molar-refractivity contribution is 5.93. The van der Waals surface area contributed by atoms with Crippen LogP contribution in [0.15, 0.2) is 48.5 Å². The highest BCUT2D eigenvalue weighted by atomic mass is 16.5. The van der Waals surface area contributed by atoms with E-state index in [0.29, 0.717) is 28.5 Å². The van der Waals surface area contributed by atoms with Gasteiger partial charge in [-0.25, -0.2) is 14.4 Å². The molecule has 0 aliphatic heterocycles. The molecule has 0 heterocycles. The van der Waals surface area contributed by atoms with Gasteiger partial charge in [-0.2, -0.15) is 0 Å². The molecule has 216 valence electrons. The first kappa shape index (κ1) is 29.8. The average Bonchev–Trinajstić information content (AvgIpc) is 2.97. The molecule has 2 aromatic carbocycles. The quantitative estimate of drug-likeness (QED) is 0.289. The Hall–Kier alpha value is -3.19. The van der Waals surface area contributed by atoms with Gasteiger partial charge in [-0.15, -0.1) is 0 Å². The molecule has 0 unspecified atom stereocenters. The van der Waals surface area contributed by atoms with Crippen LogP contribution in [0.25, 0.3) is 0 Å². The molecule has 2 aliphatic carbocycles. The zero-order chi connectivity index (χ0) is 28.7. The predicted molar refractivity (Wildman–Crippen MR) is 151 cm³/mol. The van der Waals surface area contributed by atoms with Crippen molar-refractivity contribution >= 4 is 17.9 Å². The molecule has 40 heavy (non-hydrogen) atoms. The fraction of sp³-hybridized carbons (Fsp3) is 0.545. The molecule has 4 rings (SSSR count). The van der Waals surface area contributed by atoms with Gasteiger partial charge in [-0.1, -0.05) is 31.5 Å². The summed E-state index contributed by atoms with van der Waals surface area (Å²) in [6, 6.07) is 13.7. The van der Waals surface area contributed by atoms with E-state index in [1.54, 1.807) is 12.1 Å². The minimum Gasteiger partial charge on any atom is -0.460 e. The van der Waals surface area contributed by atoms with E-state index in [2.05, 4.69) is 13.8 Å². The normalized spacial score (nSPS) is 23.2. The molecule has 0 bridgehead atoms. The van der Waals surface area contributed by atoms with Crippen molar-refractivity contribution < 1.29 is 33.7 Å². The Bertz CT molecular complexity index is 1140. The molecule has 0 aromatic heterocycles. The third-order valence-corrected chi connectivity index (χ3v) is 8.97. The smallest absolute Gasteiger partial charge is 0.338 e. The van der Waals surface area contributed by atoms with Crippen LogP contribution in [0.3, 0.4) is 0 Å². The monoisotopic (exact) mass is 550 g/mol. The number of carbonyl (C=O) groups excluding carboxylic acids is 3. The first-order valence-electron chi connectivity index (χ1n) is 14.5. The van der Waals surface area contributed by atoms with Crippen LogP contribution in [0.1, 0.15) is 102 Å². The lowest BCUT2D eigenvalue weighted by molar-refractivity contribution is -0.0199. The topological polar surface area (TPSA) is 99.1 Å². The van der Waals surface area contributed by atoms with Crippen LogP contribution in [0.5, 0.6) is 0 Å². The van der Waals surface area contributed by atoms with Crippen molar-refractivity contribution in [3.8, 4) is 0 Å². The van der Waals surface area contributed by atoms with Crippen molar-refractivity contribution in [2.45, 2.75) is 84.3 Å². The van der Waals surface area contributed by atoms with Gasteiger partial charge >= 0.3 is 17.9 Å². The van der Waals surface area contributed by atoms with Crippen LogP contribution in [-0.4, -0.2) is 48.4 Å². The number of esters is 3. The molecule has 7 heteroatoms. The fourth-order valence-corrected chi connectivity index (χ4v) is 6.28. The second-order valence-corrected chi connectivity index (χ2v) is 11.9. The van der Waals surface area contributed by atoms with Crippen LogP contribution < -0.4 is 0 Å². The van der Waals surface area contributed by atoms with Gasteiger partial charge in [0.1, 0.15) is 18.8 Å². The van der Waals surface area contributed by atoms with E-state index < -0.39 is 5.97 Å². The van der Waals surface area contributed by atoms with Gasteiger partial charge in [-0.3, -0.25) is 0 Å². The summed E-state index contributed by atoms with van der Waals surface area (Å²) in [5.74, 6) is -0.00735. The van der Waals surface area contributed by atoms with Gasteiger partial charge in [0.15, 0.2) is 0 Å². The molecule has 2 saturated carbocycles. The highest BCUT2D eigenvalue weighted by Gasteiger charge is 2.41. The summed E-state index contributed by atoms with van der Waals surface area (Å²) < 4.78 is 16.5. The number of aryl methyl sites for hydroxylation is 1. The Kier molecular flexibility index (Phi) is 10.0. The number of benzene rings is 2. The molecule has 0 spiro atoms. The molecule has 2 fully saturated rings. The lowest BCUT2D eigenvalue weighted by atomic mass is 9.60. The van der Waals surface area contributed by atoms with E-state index in [0.717, 1.165) is 56.9 Å². The molecular formula is C33H42O7. The first-order valence-corrected chi connectivity index (χ1v) is 14.5. The maximum atomic E-state index is 12.7. The van der Waals surface area contributed by atoms with Gasteiger partial charge < -0.3 is 19.3 Å². The average molecular weight is 551 g/mol. The van der Waals surface area contributed by atoms with Crippen LogP contribution in [0, 0.1) is 24.2 Å². The summed E-state index contributed by atoms with van der Waals surface area (Å²) in [7, 11) is 0. The van der Waals surface area contributed by atoms with Crippen molar-refractivity contribution in [1.82, 2.24) is 0 Å². The van der Waals surface area contributed by atoms with Crippen molar-refractivity contribution in [3.63, 3.8) is 0 Å². The van der Waals surface area contributed by atoms with Gasteiger partial charge in [0.2, 0.25) is 0 Å². The molecule has 0 amide bonds. The zero-order valence-electron chi connectivity index (χ0n) is 23.9. The summed E-state index contributed by atoms with van der Waals surface area (Å²) in [5, 5.41) is 8.78. The molecule has 0 atom stereocenters. The number of rotatable bonds is 9. The van der Waals surface area contributed by atoms with Crippen LogP contribution in [-0.2, 0) is 14.2 Å². The Morgan fingerprint density at radius 1 is 0.675 bits per heavy atom. The lowest BCUT2D eigenvalue weighted by Crippen LogP contribution is -2.39. The molecule has 2 aromatic rings. The molecule has 7 nitrogen and oxygen atoms in total.